The summed E-state index contributed by atoms with van der Waals surface area (Å²) in [6, 6.07) is 7.37. The van der Waals surface area contributed by atoms with Gasteiger partial charge in [0.1, 0.15) is 5.82 Å². The minimum Gasteiger partial charge on any atom is -0.335 e. The molecule has 0 aliphatic heterocycles. The zero-order chi connectivity index (χ0) is 15.2. The predicted octanol–water partition coefficient (Wildman–Crippen LogP) is 2.49. The number of amides is 2. The lowest BCUT2D eigenvalue weighted by molar-refractivity contribution is 0.246. The molecular formula is C15H21N5O. The number of nitrogens with zero attached hydrogens (tertiary/aromatic N) is 3. The summed E-state index contributed by atoms with van der Waals surface area (Å²) in [5.74, 6) is 1.03. The zero-order valence-corrected chi connectivity index (χ0v) is 12.6. The Morgan fingerprint density at radius 2 is 2.05 bits per heavy atom. The van der Waals surface area contributed by atoms with Gasteiger partial charge < -0.3 is 5.32 Å². The van der Waals surface area contributed by atoms with E-state index in [1.54, 1.807) is 23.1 Å². The first-order valence-corrected chi connectivity index (χ1v) is 7.05. The first kappa shape index (κ1) is 15.0. The van der Waals surface area contributed by atoms with Gasteiger partial charge in [-0.2, -0.15) is 5.10 Å². The third kappa shape index (κ3) is 4.30. The van der Waals surface area contributed by atoms with Gasteiger partial charge in [0.25, 0.3) is 0 Å². The Balaban J connectivity index is 1.99. The van der Waals surface area contributed by atoms with Crippen LogP contribution >= 0.6 is 0 Å². The molecule has 0 bridgehead atoms. The van der Waals surface area contributed by atoms with E-state index in [1.807, 2.05) is 25.1 Å². The van der Waals surface area contributed by atoms with E-state index in [0.29, 0.717) is 18.3 Å². The van der Waals surface area contributed by atoms with Crippen molar-refractivity contribution in [2.45, 2.75) is 33.4 Å². The minimum atomic E-state index is -0.223. The van der Waals surface area contributed by atoms with Crippen molar-refractivity contribution in [3.05, 3.63) is 42.4 Å². The second kappa shape index (κ2) is 6.88. The van der Waals surface area contributed by atoms with Gasteiger partial charge in [0.05, 0.1) is 18.4 Å². The van der Waals surface area contributed by atoms with Crippen molar-refractivity contribution in [1.29, 1.82) is 0 Å². The molecule has 21 heavy (non-hydrogen) atoms. The van der Waals surface area contributed by atoms with Crippen LogP contribution in [-0.4, -0.2) is 26.8 Å². The highest BCUT2D eigenvalue weighted by Gasteiger charge is 2.12. The van der Waals surface area contributed by atoms with Crippen LogP contribution in [0.3, 0.4) is 0 Å². The Morgan fingerprint density at radius 3 is 2.71 bits per heavy atom. The molecule has 2 N–H and O–H groups in total. The monoisotopic (exact) mass is 287 g/mol. The van der Waals surface area contributed by atoms with Crippen LogP contribution in [0, 0.1) is 5.92 Å². The van der Waals surface area contributed by atoms with E-state index >= 15 is 0 Å². The molecule has 2 aromatic heterocycles. The maximum atomic E-state index is 12.0. The van der Waals surface area contributed by atoms with E-state index in [9.17, 15) is 4.79 Å². The first-order valence-electron chi connectivity index (χ1n) is 7.05. The van der Waals surface area contributed by atoms with Crippen LogP contribution in [0.1, 0.15) is 26.5 Å². The van der Waals surface area contributed by atoms with Crippen molar-refractivity contribution in [1.82, 2.24) is 20.1 Å². The number of urea groups is 1. The number of anilines is 1. The third-order valence-corrected chi connectivity index (χ3v) is 3.35. The molecule has 0 spiro atoms. The summed E-state index contributed by atoms with van der Waals surface area (Å²) in [4.78, 5) is 16.2. The highest BCUT2D eigenvalue weighted by molar-refractivity contribution is 5.88. The van der Waals surface area contributed by atoms with E-state index in [-0.39, 0.29) is 12.1 Å². The van der Waals surface area contributed by atoms with Crippen molar-refractivity contribution >= 4 is 11.8 Å². The van der Waals surface area contributed by atoms with Gasteiger partial charge in [0, 0.05) is 18.3 Å². The Kier molecular flexibility index (Phi) is 4.92. The molecule has 6 nitrogen and oxygen atoms in total. The van der Waals surface area contributed by atoms with Crippen LogP contribution in [0.25, 0.3) is 0 Å². The summed E-state index contributed by atoms with van der Waals surface area (Å²) in [5.41, 5.74) is 0.889. The summed E-state index contributed by atoms with van der Waals surface area (Å²) in [6.07, 6.45) is 3.40. The summed E-state index contributed by atoms with van der Waals surface area (Å²) in [6.45, 7) is 6.63. The van der Waals surface area contributed by atoms with Gasteiger partial charge in [0.2, 0.25) is 0 Å². The Morgan fingerprint density at radius 1 is 1.24 bits per heavy atom. The quantitative estimate of drug-likeness (QED) is 0.887. The molecule has 2 aromatic rings. The van der Waals surface area contributed by atoms with Crippen LogP contribution in [-0.2, 0) is 6.54 Å². The number of aromatic nitrogens is 3. The number of carbonyl (C=O) groups excluding carboxylic acids is 1. The molecule has 1 atom stereocenters. The van der Waals surface area contributed by atoms with Gasteiger partial charge in [-0.1, -0.05) is 19.9 Å². The fraction of sp³-hybridized carbons (Fsp3) is 0.400. The maximum absolute atomic E-state index is 12.0. The Labute approximate surface area is 124 Å². The van der Waals surface area contributed by atoms with Crippen molar-refractivity contribution in [2.75, 3.05) is 5.32 Å². The van der Waals surface area contributed by atoms with Gasteiger partial charge in [-0.3, -0.25) is 10.3 Å². The zero-order valence-electron chi connectivity index (χ0n) is 12.6. The number of hydrogen-bond acceptors (Lipinski definition) is 3. The average Bonchev–Trinajstić information content (AvgIpc) is 2.86. The molecule has 0 unspecified atom stereocenters. The Bertz CT molecular complexity index is 579. The number of nitrogens with one attached hydrogen (secondary N) is 2. The van der Waals surface area contributed by atoms with E-state index in [2.05, 4.69) is 34.6 Å². The molecule has 0 radical (unpaired) electrons. The topological polar surface area (TPSA) is 71.8 Å². The van der Waals surface area contributed by atoms with Crippen LogP contribution < -0.4 is 10.6 Å². The highest BCUT2D eigenvalue weighted by atomic mass is 16.2. The van der Waals surface area contributed by atoms with Gasteiger partial charge >= 0.3 is 6.03 Å². The normalized spacial score (nSPS) is 12.2. The number of pyridine rings is 1. The number of carbonyl (C=O) groups is 1. The molecule has 0 aliphatic carbocycles. The standard InChI is InChI=1S/C15H21N5O/c1-11(2)12(3)18-15(21)19-14-7-9-17-20(14)10-13-6-4-5-8-16-13/h4-9,11-12H,10H2,1-3H3,(H2,18,19,21)/t12-/m0/s1. The van der Waals surface area contributed by atoms with Gasteiger partial charge in [-0.05, 0) is 25.0 Å². The summed E-state index contributed by atoms with van der Waals surface area (Å²) in [5, 5.41) is 9.93. The maximum Gasteiger partial charge on any atom is 0.320 e. The van der Waals surface area contributed by atoms with Crippen molar-refractivity contribution in [3.63, 3.8) is 0 Å². The minimum absolute atomic E-state index is 0.108. The first-order chi connectivity index (χ1) is 10.1. The lowest BCUT2D eigenvalue weighted by atomic mass is 10.1. The molecule has 0 saturated carbocycles. The second-order valence-electron chi connectivity index (χ2n) is 5.33. The molecule has 0 aliphatic rings. The van der Waals surface area contributed by atoms with Crippen LogP contribution in [0.15, 0.2) is 36.7 Å². The van der Waals surface area contributed by atoms with E-state index in [0.717, 1.165) is 5.69 Å². The summed E-state index contributed by atoms with van der Waals surface area (Å²) in [7, 11) is 0. The largest absolute Gasteiger partial charge is 0.335 e. The van der Waals surface area contributed by atoms with Gasteiger partial charge in [0.15, 0.2) is 0 Å². The van der Waals surface area contributed by atoms with E-state index < -0.39 is 0 Å². The van der Waals surface area contributed by atoms with Crippen LogP contribution in [0.2, 0.25) is 0 Å². The van der Waals surface area contributed by atoms with Crippen LogP contribution in [0.4, 0.5) is 10.6 Å². The fourth-order valence-corrected chi connectivity index (χ4v) is 1.74. The molecule has 2 rings (SSSR count). The molecule has 112 valence electrons. The SMILES string of the molecule is CC(C)[C@H](C)NC(=O)Nc1ccnn1Cc1ccccn1. The predicted molar refractivity (Wildman–Crippen MR) is 82.0 cm³/mol. The van der Waals surface area contributed by atoms with E-state index in [4.69, 9.17) is 0 Å². The molecule has 0 saturated heterocycles. The van der Waals surface area contributed by atoms with Gasteiger partial charge in [-0.25, -0.2) is 9.48 Å². The third-order valence-electron chi connectivity index (χ3n) is 3.35. The van der Waals surface area contributed by atoms with Crippen molar-refractivity contribution in [3.8, 4) is 0 Å². The molecule has 0 aromatic carbocycles. The molecule has 2 heterocycles. The second-order valence-corrected chi connectivity index (χ2v) is 5.33. The van der Waals surface area contributed by atoms with Crippen LogP contribution in [0.5, 0.6) is 0 Å². The molecular weight excluding hydrogens is 266 g/mol. The summed E-state index contributed by atoms with van der Waals surface area (Å²) < 4.78 is 1.71. The summed E-state index contributed by atoms with van der Waals surface area (Å²) >= 11 is 0. The number of hydrogen-bond donors (Lipinski definition) is 2. The Hall–Kier alpha value is -2.37. The van der Waals surface area contributed by atoms with Gasteiger partial charge in [-0.15, -0.1) is 0 Å². The van der Waals surface area contributed by atoms with E-state index in [1.165, 1.54) is 0 Å². The number of rotatable bonds is 5. The highest BCUT2D eigenvalue weighted by Crippen LogP contribution is 2.09. The lowest BCUT2D eigenvalue weighted by Gasteiger charge is -2.18. The smallest absolute Gasteiger partial charge is 0.320 e. The molecule has 2 amide bonds. The molecule has 0 fully saturated rings. The average molecular weight is 287 g/mol. The lowest BCUT2D eigenvalue weighted by Crippen LogP contribution is -2.39. The van der Waals surface area contributed by atoms with Crippen molar-refractivity contribution in [2.24, 2.45) is 5.92 Å². The molecule has 6 heteroatoms. The fourth-order valence-electron chi connectivity index (χ4n) is 1.74. The van der Waals surface area contributed by atoms with Crippen molar-refractivity contribution < 1.29 is 4.79 Å².